The number of methoxy groups -OCH3 is 1. The summed E-state index contributed by atoms with van der Waals surface area (Å²) in [7, 11) is 3.42. The van der Waals surface area contributed by atoms with E-state index in [0.29, 0.717) is 37.7 Å². The molecule has 2 rings (SSSR count). The molecule has 0 atom stereocenters. The maximum atomic E-state index is 13.1. The van der Waals surface area contributed by atoms with Crippen LogP contribution in [0.25, 0.3) is 0 Å². The van der Waals surface area contributed by atoms with Gasteiger partial charge in [-0.15, -0.1) is 0 Å². The molecular formula is C15H22F2N2O2. The van der Waals surface area contributed by atoms with Gasteiger partial charge in [0.25, 0.3) is 5.92 Å². The highest BCUT2D eigenvalue weighted by Crippen LogP contribution is 2.30. The summed E-state index contributed by atoms with van der Waals surface area (Å²) in [4.78, 5) is 2.01. The lowest BCUT2D eigenvalue weighted by atomic mass is 10.1. The molecule has 6 heteroatoms. The summed E-state index contributed by atoms with van der Waals surface area (Å²) in [5, 5.41) is 3.04. The van der Waals surface area contributed by atoms with Crippen molar-refractivity contribution in [2.24, 2.45) is 0 Å². The zero-order chi connectivity index (χ0) is 15.3. The maximum Gasteiger partial charge on any atom is 0.250 e. The maximum absolute atomic E-state index is 13.1. The Morgan fingerprint density at radius 2 is 1.95 bits per heavy atom. The second-order valence-corrected chi connectivity index (χ2v) is 5.16. The first-order valence-corrected chi connectivity index (χ1v) is 7.13. The molecule has 118 valence electrons. The Labute approximate surface area is 124 Å². The molecule has 0 aliphatic carbocycles. The molecule has 0 bridgehead atoms. The molecule has 1 saturated heterocycles. The quantitative estimate of drug-likeness (QED) is 0.876. The van der Waals surface area contributed by atoms with Crippen molar-refractivity contribution >= 4 is 5.69 Å². The van der Waals surface area contributed by atoms with Crippen molar-refractivity contribution in [3.63, 3.8) is 0 Å². The first-order valence-electron chi connectivity index (χ1n) is 7.13. The van der Waals surface area contributed by atoms with E-state index in [1.54, 1.807) is 7.11 Å². The van der Waals surface area contributed by atoms with Gasteiger partial charge in [0, 0.05) is 51.3 Å². The highest BCUT2D eigenvalue weighted by Gasteiger charge is 2.33. The van der Waals surface area contributed by atoms with Crippen molar-refractivity contribution in [1.29, 1.82) is 0 Å². The molecule has 0 spiro atoms. The van der Waals surface area contributed by atoms with E-state index in [1.807, 2.05) is 30.1 Å². The first kappa shape index (κ1) is 15.8. The molecule has 1 aliphatic rings. The number of nitrogens with one attached hydrogen (secondary N) is 1. The van der Waals surface area contributed by atoms with E-state index in [4.69, 9.17) is 9.47 Å². The number of hydrogen-bond acceptors (Lipinski definition) is 4. The number of ether oxygens (including phenoxy) is 2. The fraction of sp³-hybridized carbons (Fsp3) is 0.600. The van der Waals surface area contributed by atoms with Gasteiger partial charge < -0.3 is 14.8 Å². The van der Waals surface area contributed by atoms with Crippen LogP contribution in [0.4, 0.5) is 14.5 Å². The molecule has 1 fully saturated rings. The van der Waals surface area contributed by atoms with E-state index >= 15 is 0 Å². The molecule has 4 nitrogen and oxygen atoms in total. The van der Waals surface area contributed by atoms with Gasteiger partial charge in [0.15, 0.2) is 11.5 Å². The predicted octanol–water partition coefficient (Wildman–Crippen LogP) is 2.85. The molecule has 0 radical (unpaired) electrons. The van der Waals surface area contributed by atoms with Crippen molar-refractivity contribution in [3.8, 4) is 11.5 Å². The Bertz CT molecular complexity index is 459. The van der Waals surface area contributed by atoms with Gasteiger partial charge >= 0.3 is 0 Å². The topological polar surface area (TPSA) is 33.7 Å². The third kappa shape index (κ3) is 4.46. The number of anilines is 1. The number of rotatable bonds is 6. The summed E-state index contributed by atoms with van der Waals surface area (Å²) in [5.41, 5.74) is 0.934. The van der Waals surface area contributed by atoms with Gasteiger partial charge in [-0.3, -0.25) is 4.90 Å². The third-order valence-electron chi connectivity index (χ3n) is 3.70. The minimum absolute atomic E-state index is 0.0639. The molecule has 0 aromatic heterocycles. The summed E-state index contributed by atoms with van der Waals surface area (Å²) >= 11 is 0. The van der Waals surface area contributed by atoms with Crippen LogP contribution < -0.4 is 14.8 Å². The highest BCUT2D eigenvalue weighted by atomic mass is 19.3. The van der Waals surface area contributed by atoms with Gasteiger partial charge in [0.05, 0.1) is 7.11 Å². The zero-order valence-corrected chi connectivity index (χ0v) is 12.5. The van der Waals surface area contributed by atoms with Crippen LogP contribution >= 0.6 is 0 Å². The molecule has 1 N–H and O–H groups in total. The van der Waals surface area contributed by atoms with Crippen LogP contribution in [0.15, 0.2) is 18.2 Å². The van der Waals surface area contributed by atoms with E-state index in [0.717, 1.165) is 5.69 Å². The summed E-state index contributed by atoms with van der Waals surface area (Å²) < 4.78 is 37.1. The fourth-order valence-electron chi connectivity index (χ4n) is 2.33. The molecule has 0 unspecified atom stereocenters. The molecule has 1 aromatic rings. The summed E-state index contributed by atoms with van der Waals surface area (Å²) in [6.07, 6.45) is -0.128. The SMILES string of the molecule is CNc1ccc(OC)c(OCCN2CCC(F)(F)CC2)c1. The number of nitrogens with zero attached hydrogens (tertiary/aromatic N) is 1. The van der Waals surface area contributed by atoms with E-state index < -0.39 is 5.92 Å². The standard InChI is InChI=1S/C15H22F2N2O2/c1-18-12-3-4-13(20-2)14(11-12)21-10-9-19-7-5-15(16,17)6-8-19/h3-4,11,18H,5-10H2,1-2H3. The lowest BCUT2D eigenvalue weighted by molar-refractivity contribution is -0.0564. The van der Waals surface area contributed by atoms with E-state index in [1.165, 1.54) is 0 Å². The minimum Gasteiger partial charge on any atom is -0.493 e. The lowest BCUT2D eigenvalue weighted by Gasteiger charge is -2.31. The normalized spacial score (nSPS) is 18.3. The number of alkyl halides is 2. The molecule has 21 heavy (non-hydrogen) atoms. The predicted molar refractivity (Wildman–Crippen MR) is 78.7 cm³/mol. The van der Waals surface area contributed by atoms with Crippen LogP contribution in [-0.4, -0.2) is 51.2 Å². The van der Waals surface area contributed by atoms with Crippen molar-refractivity contribution in [3.05, 3.63) is 18.2 Å². The Morgan fingerprint density at radius 3 is 2.57 bits per heavy atom. The largest absolute Gasteiger partial charge is 0.493 e. The van der Waals surface area contributed by atoms with Gasteiger partial charge in [0.1, 0.15) is 6.61 Å². The van der Waals surface area contributed by atoms with Crippen LogP contribution in [0.2, 0.25) is 0 Å². The number of piperidine rings is 1. The average Bonchev–Trinajstić information content (AvgIpc) is 2.48. The van der Waals surface area contributed by atoms with Crippen molar-refractivity contribution in [2.45, 2.75) is 18.8 Å². The van der Waals surface area contributed by atoms with E-state index in [2.05, 4.69) is 5.32 Å². The third-order valence-corrected chi connectivity index (χ3v) is 3.70. The van der Waals surface area contributed by atoms with Crippen molar-refractivity contribution in [2.75, 3.05) is 45.7 Å². The molecule has 0 amide bonds. The molecule has 1 aliphatic heterocycles. The Balaban J connectivity index is 1.83. The second-order valence-electron chi connectivity index (χ2n) is 5.16. The number of likely N-dealkylation sites (tertiary alicyclic amines) is 1. The lowest BCUT2D eigenvalue weighted by Crippen LogP contribution is -2.41. The van der Waals surface area contributed by atoms with Crippen LogP contribution in [0.3, 0.4) is 0 Å². The van der Waals surface area contributed by atoms with Crippen molar-refractivity contribution in [1.82, 2.24) is 4.90 Å². The van der Waals surface area contributed by atoms with Crippen molar-refractivity contribution < 1.29 is 18.3 Å². The fourth-order valence-corrected chi connectivity index (χ4v) is 2.33. The van der Waals surface area contributed by atoms with Gasteiger partial charge in [-0.1, -0.05) is 0 Å². The Kier molecular flexibility index (Phi) is 5.22. The summed E-state index contributed by atoms with van der Waals surface area (Å²) in [5.74, 6) is -1.17. The number of benzene rings is 1. The summed E-state index contributed by atoms with van der Waals surface area (Å²) in [6, 6.07) is 5.60. The van der Waals surface area contributed by atoms with E-state index in [-0.39, 0.29) is 12.8 Å². The van der Waals surface area contributed by atoms with Crippen LogP contribution in [0.1, 0.15) is 12.8 Å². The molecular weight excluding hydrogens is 278 g/mol. The van der Waals surface area contributed by atoms with Gasteiger partial charge in [-0.05, 0) is 12.1 Å². The van der Waals surface area contributed by atoms with Gasteiger partial charge in [-0.2, -0.15) is 0 Å². The van der Waals surface area contributed by atoms with Crippen LogP contribution in [0.5, 0.6) is 11.5 Å². The average molecular weight is 300 g/mol. The highest BCUT2D eigenvalue weighted by molar-refractivity contribution is 5.54. The number of halogens is 2. The van der Waals surface area contributed by atoms with E-state index in [9.17, 15) is 8.78 Å². The molecule has 1 aromatic carbocycles. The van der Waals surface area contributed by atoms with Crippen LogP contribution in [0, 0.1) is 0 Å². The van der Waals surface area contributed by atoms with Crippen LogP contribution in [-0.2, 0) is 0 Å². The zero-order valence-electron chi connectivity index (χ0n) is 12.5. The summed E-state index contributed by atoms with van der Waals surface area (Å²) in [6.45, 7) is 1.94. The molecule has 1 heterocycles. The number of hydrogen-bond donors (Lipinski definition) is 1. The first-order chi connectivity index (χ1) is 10.0. The smallest absolute Gasteiger partial charge is 0.250 e. The van der Waals surface area contributed by atoms with Gasteiger partial charge in [-0.25, -0.2) is 8.78 Å². The monoisotopic (exact) mass is 300 g/mol. The Hall–Kier alpha value is -1.56. The second kappa shape index (κ2) is 6.93. The minimum atomic E-state index is -2.50. The van der Waals surface area contributed by atoms with Gasteiger partial charge in [0.2, 0.25) is 0 Å². The Morgan fingerprint density at radius 1 is 1.24 bits per heavy atom. The molecule has 0 saturated carbocycles.